The average Bonchev–Trinajstić information content (AvgIpc) is 2.64. The number of rotatable bonds is 2. The molecular formula is C12H17N3O. The van der Waals surface area contributed by atoms with Gasteiger partial charge in [-0.05, 0) is 25.3 Å². The third-order valence-corrected chi connectivity index (χ3v) is 3.79. The van der Waals surface area contributed by atoms with Gasteiger partial charge >= 0.3 is 0 Å². The number of ether oxygens (including phenoxy) is 1. The standard InChI is InChI=1S/C12H17N3O/c1-16-12-6-13-5-11(14-12)10-8-15-4-2-3-9(10)7-15/h5-6,9-10H,2-4,7-8H2,1H3/t9-,10-/m0/s1. The highest BCUT2D eigenvalue weighted by atomic mass is 16.5. The molecule has 3 rings (SSSR count). The lowest BCUT2D eigenvalue weighted by Crippen LogP contribution is -2.25. The summed E-state index contributed by atoms with van der Waals surface area (Å²) < 4.78 is 5.14. The van der Waals surface area contributed by atoms with E-state index in [0.29, 0.717) is 11.8 Å². The Balaban J connectivity index is 1.86. The number of methoxy groups -OCH3 is 1. The van der Waals surface area contributed by atoms with Crippen molar-refractivity contribution in [2.45, 2.75) is 18.8 Å². The van der Waals surface area contributed by atoms with Crippen LogP contribution in [0, 0.1) is 5.92 Å². The van der Waals surface area contributed by atoms with E-state index in [4.69, 9.17) is 4.74 Å². The molecule has 0 saturated carbocycles. The maximum Gasteiger partial charge on any atom is 0.232 e. The van der Waals surface area contributed by atoms with Crippen LogP contribution >= 0.6 is 0 Å². The summed E-state index contributed by atoms with van der Waals surface area (Å²) in [5, 5.41) is 0. The van der Waals surface area contributed by atoms with Crippen molar-refractivity contribution < 1.29 is 4.74 Å². The summed E-state index contributed by atoms with van der Waals surface area (Å²) in [5.74, 6) is 1.97. The monoisotopic (exact) mass is 219 g/mol. The highest BCUT2D eigenvalue weighted by molar-refractivity contribution is 5.16. The van der Waals surface area contributed by atoms with E-state index >= 15 is 0 Å². The number of nitrogens with zero attached hydrogens (tertiary/aromatic N) is 3. The van der Waals surface area contributed by atoms with Gasteiger partial charge in [-0.2, -0.15) is 0 Å². The fourth-order valence-corrected chi connectivity index (χ4v) is 2.99. The van der Waals surface area contributed by atoms with Crippen LogP contribution in [0.3, 0.4) is 0 Å². The topological polar surface area (TPSA) is 38.2 Å². The molecule has 1 aromatic heterocycles. The van der Waals surface area contributed by atoms with Crippen molar-refractivity contribution >= 4 is 0 Å². The minimum Gasteiger partial charge on any atom is -0.480 e. The maximum absolute atomic E-state index is 5.14. The SMILES string of the molecule is COc1cncc([C@H]2CN3CCC[C@H]2C3)n1. The minimum atomic E-state index is 0.560. The number of hydrogen-bond acceptors (Lipinski definition) is 4. The Bertz CT molecular complexity index is 382. The summed E-state index contributed by atoms with van der Waals surface area (Å²) in [5.41, 5.74) is 1.11. The van der Waals surface area contributed by atoms with Crippen LogP contribution in [0.25, 0.3) is 0 Å². The highest BCUT2D eigenvalue weighted by Crippen LogP contribution is 2.37. The first-order valence-corrected chi connectivity index (χ1v) is 5.95. The Morgan fingerprint density at radius 3 is 3.12 bits per heavy atom. The molecule has 2 bridgehead atoms. The number of hydrogen-bond donors (Lipinski definition) is 0. The Kier molecular flexibility index (Phi) is 2.52. The first kappa shape index (κ1) is 10.0. The lowest BCUT2D eigenvalue weighted by atomic mass is 9.89. The molecule has 2 fully saturated rings. The molecule has 2 saturated heterocycles. The van der Waals surface area contributed by atoms with Crippen LogP contribution in [0.2, 0.25) is 0 Å². The van der Waals surface area contributed by atoms with Gasteiger partial charge in [0.15, 0.2) is 0 Å². The van der Waals surface area contributed by atoms with Crippen LogP contribution in [0.15, 0.2) is 12.4 Å². The van der Waals surface area contributed by atoms with Crippen LogP contribution in [-0.2, 0) is 0 Å². The molecule has 0 spiro atoms. The second kappa shape index (κ2) is 4.01. The van der Waals surface area contributed by atoms with Crippen molar-refractivity contribution in [3.8, 4) is 5.88 Å². The summed E-state index contributed by atoms with van der Waals surface area (Å²) in [6.45, 7) is 3.64. The molecule has 0 radical (unpaired) electrons. The predicted octanol–water partition coefficient (Wildman–Crippen LogP) is 1.29. The summed E-state index contributed by atoms with van der Waals surface area (Å²) in [7, 11) is 1.64. The molecule has 4 nitrogen and oxygen atoms in total. The number of piperidine rings is 1. The molecule has 1 unspecified atom stereocenters. The van der Waals surface area contributed by atoms with Crippen LogP contribution in [0.4, 0.5) is 0 Å². The van der Waals surface area contributed by atoms with Gasteiger partial charge in [-0.1, -0.05) is 0 Å². The van der Waals surface area contributed by atoms with E-state index in [-0.39, 0.29) is 0 Å². The molecule has 0 aromatic carbocycles. The Morgan fingerprint density at radius 2 is 2.31 bits per heavy atom. The van der Waals surface area contributed by atoms with Gasteiger partial charge in [0.1, 0.15) is 0 Å². The number of fused-ring (bicyclic) bond motifs is 2. The second-order valence-corrected chi connectivity index (χ2v) is 4.75. The third-order valence-electron chi connectivity index (χ3n) is 3.79. The van der Waals surface area contributed by atoms with Crippen molar-refractivity contribution in [3.05, 3.63) is 18.1 Å². The van der Waals surface area contributed by atoms with E-state index in [1.54, 1.807) is 13.3 Å². The van der Waals surface area contributed by atoms with E-state index in [1.807, 2.05) is 6.20 Å². The van der Waals surface area contributed by atoms with Gasteiger partial charge in [-0.25, -0.2) is 4.98 Å². The van der Waals surface area contributed by atoms with E-state index < -0.39 is 0 Å². The van der Waals surface area contributed by atoms with Gasteiger partial charge in [-0.15, -0.1) is 0 Å². The molecule has 2 aliphatic heterocycles. The quantitative estimate of drug-likeness (QED) is 0.751. The van der Waals surface area contributed by atoms with Gasteiger partial charge in [0.25, 0.3) is 0 Å². The summed E-state index contributed by atoms with van der Waals surface area (Å²) >= 11 is 0. The van der Waals surface area contributed by atoms with E-state index in [9.17, 15) is 0 Å². The van der Waals surface area contributed by atoms with Crippen molar-refractivity contribution in [1.82, 2.24) is 14.9 Å². The van der Waals surface area contributed by atoms with Crippen molar-refractivity contribution in [2.75, 3.05) is 26.7 Å². The first-order valence-electron chi connectivity index (χ1n) is 5.95. The molecule has 2 aliphatic rings. The smallest absolute Gasteiger partial charge is 0.232 e. The zero-order valence-electron chi connectivity index (χ0n) is 9.59. The van der Waals surface area contributed by atoms with Crippen molar-refractivity contribution in [1.29, 1.82) is 0 Å². The van der Waals surface area contributed by atoms with Crippen LogP contribution in [-0.4, -0.2) is 41.6 Å². The molecule has 0 aliphatic carbocycles. The highest BCUT2D eigenvalue weighted by Gasteiger charge is 2.37. The molecule has 3 atom stereocenters. The zero-order valence-corrected chi connectivity index (χ0v) is 9.59. The Labute approximate surface area is 95.7 Å². The van der Waals surface area contributed by atoms with Gasteiger partial charge in [0.2, 0.25) is 5.88 Å². The van der Waals surface area contributed by atoms with E-state index in [1.165, 1.54) is 25.9 Å². The predicted molar refractivity (Wildman–Crippen MR) is 60.5 cm³/mol. The molecule has 1 aromatic rings. The second-order valence-electron chi connectivity index (χ2n) is 4.75. The Morgan fingerprint density at radius 1 is 1.38 bits per heavy atom. The summed E-state index contributed by atoms with van der Waals surface area (Å²) in [4.78, 5) is 11.3. The fraction of sp³-hybridized carbons (Fsp3) is 0.667. The Hall–Kier alpha value is -1.16. The maximum atomic E-state index is 5.14. The molecule has 16 heavy (non-hydrogen) atoms. The molecule has 0 amide bonds. The van der Waals surface area contributed by atoms with Gasteiger partial charge in [0, 0.05) is 25.2 Å². The average molecular weight is 219 g/mol. The molecule has 0 N–H and O–H groups in total. The minimum absolute atomic E-state index is 0.560. The lowest BCUT2D eigenvalue weighted by molar-refractivity contribution is 0.269. The van der Waals surface area contributed by atoms with Crippen LogP contribution < -0.4 is 4.74 Å². The van der Waals surface area contributed by atoms with E-state index in [2.05, 4.69) is 14.9 Å². The van der Waals surface area contributed by atoms with Crippen molar-refractivity contribution in [3.63, 3.8) is 0 Å². The van der Waals surface area contributed by atoms with E-state index in [0.717, 1.165) is 18.2 Å². The normalized spacial score (nSPS) is 32.7. The number of aromatic nitrogens is 2. The zero-order chi connectivity index (χ0) is 11.0. The van der Waals surface area contributed by atoms with Gasteiger partial charge in [-0.3, -0.25) is 4.98 Å². The first-order chi connectivity index (χ1) is 7.86. The lowest BCUT2D eigenvalue weighted by Gasteiger charge is -2.21. The molecule has 4 heteroatoms. The molecule has 86 valence electrons. The molecular weight excluding hydrogens is 202 g/mol. The van der Waals surface area contributed by atoms with Crippen LogP contribution in [0.1, 0.15) is 24.5 Å². The van der Waals surface area contributed by atoms with Gasteiger partial charge in [0.05, 0.1) is 19.0 Å². The largest absolute Gasteiger partial charge is 0.480 e. The van der Waals surface area contributed by atoms with Crippen LogP contribution in [0.5, 0.6) is 5.88 Å². The van der Waals surface area contributed by atoms with Gasteiger partial charge < -0.3 is 9.64 Å². The van der Waals surface area contributed by atoms with Crippen molar-refractivity contribution in [2.24, 2.45) is 5.92 Å². The molecule has 3 heterocycles. The summed E-state index contributed by atoms with van der Waals surface area (Å²) in [6.07, 6.45) is 6.23. The fourth-order valence-electron chi connectivity index (χ4n) is 2.99. The summed E-state index contributed by atoms with van der Waals surface area (Å²) in [6, 6.07) is 0. The third kappa shape index (κ3) is 1.67.